The molecule has 0 aliphatic carbocycles. The molecule has 8 nitrogen and oxygen atoms in total. The Morgan fingerprint density at radius 1 is 1.07 bits per heavy atom. The van der Waals surface area contributed by atoms with Crippen LogP contribution in [0.15, 0.2) is 72.1 Å². The molecule has 1 amide bonds. The summed E-state index contributed by atoms with van der Waals surface area (Å²) in [5.74, 6) is -0.766. The van der Waals surface area contributed by atoms with E-state index in [0.717, 1.165) is 16.8 Å². The summed E-state index contributed by atoms with van der Waals surface area (Å²) in [6, 6.07) is 18.9. The van der Waals surface area contributed by atoms with Crippen molar-refractivity contribution in [2.75, 3.05) is 0 Å². The molecule has 2 aliphatic rings. The highest BCUT2D eigenvalue weighted by Crippen LogP contribution is 2.49. The average molecular weight is 408 g/mol. The number of ether oxygens (including phenoxy) is 1. The highest BCUT2D eigenvalue weighted by atomic mass is 31.2. The number of carbonyl (C=O) groups is 1. The zero-order valence-electron chi connectivity index (χ0n) is 15.4. The Bertz CT molecular complexity index is 1200. The first-order chi connectivity index (χ1) is 13.9. The van der Waals surface area contributed by atoms with Gasteiger partial charge in [-0.15, -0.1) is 0 Å². The molecule has 0 saturated heterocycles. The van der Waals surface area contributed by atoms with E-state index in [4.69, 9.17) is 4.74 Å². The van der Waals surface area contributed by atoms with E-state index in [1.807, 2.05) is 67.6 Å². The Kier molecular flexibility index (Phi) is 3.87. The average Bonchev–Trinajstić information content (AvgIpc) is 3.03. The zero-order valence-corrected chi connectivity index (χ0v) is 16.3. The molecule has 0 spiro atoms. The molecule has 5 rings (SSSR count). The van der Waals surface area contributed by atoms with Crippen LogP contribution in [0.4, 0.5) is 0 Å². The minimum Gasteiger partial charge on any atom is -0.422 e. The molecule has 146 valence electrons. The van der Waals surface area contributed by atoms with Crippen LogP contribution in [0.1, 0.15) is 22.7 Å². The van der Waals surface area contributed by atoms with Gasteiger partial charge in [-0.1, -0.05) is 48.5 Å². The van der Waals surface area contributed by atoms with E-state index in [9.17, 15) is 14.3 Å². The second-order valence-corrected chi connectivity index (χ2v) is 8.47. The van der Waals surface area contributed by atoms with E-state index in [-0.39, 0.29) is 11.5 Å². The number of fused-ring (bicyclic) bond motifs is 1. The number of aromatic nitrogens is 2. The van der Waals surface area contributed by atoms with Gasteiger partial charge in [0.15, 0.2) is 0 Å². The number of nitrogens with one attached hydrogen (secondary N) is 2. The van der Waals surface area contributed by atoms with Crippen LogP contribution in [0, 0.1) is 6.92 Å². The normalized spacial score (nSPS) is 22.8. The van der Waals surface area contributed by atoms with Gasteiger partial charge in [-0.3, -0.25) is 15.0 Å². The predicted molar refractivity (Wildman–Crippen MR) is 105 cm³/mol. The first kappa shape index (κ1) is 17.7. The van der Waals surface area contributed by atoms with E-state index in [2.05, 4.69) is 15.3 Å². The number of para-hydroxylation sites is 1. The SMILES string of the molecule is Cc1nn(-c2ccccc2)c2c1C(c1ccccc1)C1=C(NP(=O)(O)NC1=O)O2. The van der Waals surface area contributed by atoms with Crippen molar-refractivity contribution in [1.82, 2.24) is 20.0 Å². The molecule has 3 heterocycles. The molecular weight excluding hydrogens is 391 g/mol. The van der Waals surface area contributed by atoms with Gasteiger partial charge in [0.05, 0.1) is 28.4 Å². The largest absolute Gasteiger partial charge is 0.422 e. The second kappa shape index (κ2) is 6.34. The molecule has 2 aromatic carbocycles. The maximum absolute atomic E-state index is 12.8. The molecule has 3 N–H and O–H groups in total. The summed E-state index contributed by atoms with van der Waals surface area (Å²) in [7, 11) is -4.10. The third-order valence-electron chi connectivity index (χ3n) is 4.97. The summed E-state index contributed by atoms with van der Waals surface area (Å²) in [4.78, 5) is 22.7. The van der Waals surface area contributed by atoms with Gasteiger partial charge in [0.2, 0.25) is 11.8 Å². The van der Waals surface area contributed by atoms with Crippen molar-refractivity contribution < 1.29 is 19.0 Å². The van der Waals surface area contributed by atoms with Crippen molar-refractivity contribution >= 4 is 13.6 Å². The number of nitrogens with zero attached hydrogens (tertiary/aromatic N) is 2. The number of rotatable bonds is 2. The van der Waals surface area contributed by atoms with Gasteiger partial charge in [-0.05, 0) is 24.6 Å². The topological polar surface area (TPSA) is 105 Å². The molecule has 1 aromatic heterocycles. The van der Waals surface area contributed by atoms with E-state index in [0.29, 0.717) is 11.6 Å². The van der Waals surface area contributed by atoms with Crippen LogP contribution in [0.2, 0.25) is 0 Å². The Hall–Kier alpha value is -3.35. The number of aryl methyl sites for hydroxylation is 1. The lowest BCUT2D eigenvalue weighted by Gasteiger charge is -2.33. The highest BCUT2D eigenvalue weighted by Gasteiger charge is 2.45. The summed E-state index contributed by atoms with van der Waals surface area (Å²) in [6.07, 6.45) is 0. The molecule has 0 fully saturated rings. The van der Waals surface area contributed by atoms with Crippen LogP contribution in [-0.4, -0.2) is 20.6 Å². The Morgan fingerprint density at radius 3 is 2.41 bits per heavy atom. The Morgan fingerprint density at radius 2 is 1.72 bits per heavy atom. The summed E-state index contributed by atoms with van der Waals surface area (Å²) in [6.45, 7) is 1.86. The standard InChI is InChI=1S/C20H17N4O4P/c1-12-15-16(13-8-4-2-5-9-13)17-18(25)22-29(26,27)23-19(17)28-20(15)24(21-12)14-10-6-3-7-11-14/h2-11,16H,1H3,(H3,22,23,25,26,27). The highest BCUT2D eigenvalue weighted by molar-refractivity contribution is 7.54. The van der Waals surface area contributed by atoms with Gasteiger partial charge in [0.1, 0.15) is 0 Å². The van der Waals surface area contributed by atoms with Crippen LogP contribution in [0.25, 0.3) is 5.69 Å². The van der Waals surface area contributed by atoms with E-state index < -0.39 is 19.5 Å². The van der Waals surface area contributed by atoms with Crippen LogP contribution >= 0.6 is 7.67 Å². The fourth-order valence-electron chi connectivity index (χ4n) is 3.78. The van der Waals surface area contributed by atoms with Crippen molar-refractivity contribution in [3.8, 4) is 11.6 Å². The molecule has 9 heteroatoms. The Balaban J connectivity index is 1.77. The molecule has 0 saturated carbocycles. The quantitative estimate of drug-likeness (QED) is 0.563. The fourth-order valence-corrected chi connectivity index (χ4v) is 4.67. The van der Waals surface area contributed by atoms with Gasteiger partial charge in [0, 0.05) is 0 Å². The van der Waals surface area contributed by atoms with Crippen LogP contribution in [-0.2, 0) is 9.36 Å². The molecule has 2 atom stereocenters. The van der Waals surface area contributed by atoms with E-state index >= 15 is 0 Å². The van der Waals surface area contributed by atoms with Crippen molar-refractivity contribution in [1.29, 1.82) is 0 Å². The van der Waals surface area contributed by atoms with Crippen molar-refractivity contribution in [3.05, 3.63) is 88.9 Å². The summed E-state index contributed by atoms with van der Waals surface area (Å²) >= 11 is 0. The first-order valence-corrected chi connectivity index (χ1v) is 10.7. The van der Waals surface area contributed by atoms with Crippen molar-refractivity contribution in [2.24, 2.45) is 0 Å². The third kappa shape index (κ3) is 2.85. The maximum atomic E-state index is 12.8. The molecule has 2 aliphatic heterocycles. The lowest BCUT2D eigenvalue weighted by molar-refractivity contribution is -0.116. The maximum Gasteiger partial charge on any atom is 0.394 e. The summed E-state index contributed by atoms with van der Waals surface area (Å²) in [5.41, 5.74) is 3.33. The van der Waals surface area contributed by atoms with Crippen LogP contribution in [0.3, 0.4) is 0 Å². The molecule has 2 unspecified atom stereocenters. The van der Waals surface area contributed by atoms with Gasteiger partial charge in [0.25, 0.3) is 5.91 Å². The number of hydrogen-bond acceptors (Lipinski definition) is 4. The molecule has 3 aromatic rings. The fraction of sp³-hybridized carbons (Fsp3) is 0.100. The minimum atomic E-state index is -4.10. The second-order valence-electron chi connectivity index (χ2n) is 6.87. The monoisotopic (exact) mass is 408 g/mol. The van der Waals surface area contributed by atoms with E-state index in [1.54, 1.807) is 4.68 Å². The summed E-state index contributed by atoms with van der Waals surface area (Å²) in [5, 5.41) is 9.22. The number of hydrogen-bond donors (Lipinski definition) is 3. The Labute approximate surface area is 166 Å². The van der Waals surface area contributed by atoms with Gasteiger partial charge in [-0.2, -0.15) is 5.10 Å². The van der Waals surface area contributed by atoms with Gasteiger partial charge in [-0.25, -0.2) is 9.25 Å². The van der Waals surface area contributed by atoms with Crippen molar-refractivity contribution in [2.45, 2.75) is 12.8 Å². The summed E-state index contributed by atoms with van der Waals surface area (Å²) < 4.78 is 19.8. The van der Waals surface area contributed by atoms with E-state index in [1.165, 1.54) is 0 Å². The number of carbonyl (C=O) groups excluding carboxylic acids is 1. The molecular formula is C20H17N4O4P. The predicted octanol–water partition coefficient (Wildman–Crippen LogP) is 2.74. The smallest absolute Gasteiger partial charge is 0.394 e. The minimum absolute atomic E-state index is 0.0296. The molecule has 0 radical (unpaired) electrons. The number of benzene rings is 2. The third-order valence-corrected chi connectivity index (χ3v) is 5.98. The van der Waals surface area contributed by atoms with Crippen LogP contribution < -0.4 is 14.9 Å². The van der Waals surface area contributed by atoms with Gasteiger partial charge < -0.3 is 9.63 Å². The zero-order chi connectivity index (χ0) is 20.2. The molecule has 29 heavy (non-hydrogen) atoms. The lowest BCUT2D eigenvalue weighted by atomic mass is 9.83. The first-order valence-electron chi connectivity index (χ1n) is 9.00. The number of amides is 1. The van der Waals surface area contributed by atoms with Gasteiger partial charge >= 0.3 is 7.67 Å². The lowest BCUT2D eigenvalue weighted by Crippen LogP contribution is -2.41. The van der Waals surface area contributed by atoms with Crippen molar-refractivity contribution in [3.63, 3.8) is 0 Å². The van der Waals surface area contributed by atoms with Crippen LogP contribution in [0.5, 0.6) is 5.88 Å². The molecule has 0 bridgehead atoms.